The summed E-state index contributed by atoms with van der Waals surface area (Å²) < 4.78 is 27.9. The molecule has 1 atom stereocenters. The molecular formula is C15H17Cl2N3O2S2. The van der Waals surface area contributed by atoms with Gasteiger partial charge in [0.15, 0.2) is 5.13 Å². The summed E-state index contributed by atoms with van der Waals surface area (Å²) in [6, 6.07) is 3.06. The van der Waals surface area contributed by atoms with Crippen molar-refractivity contribution in [2.75, 3.05) is 18.0 Å². The van der Waals surface area contributed by atoms with E-state index in [0.717, 1.165) is 24.5 Å². The predicted octanol–water partition coefficient (Wildman–Crippen LogP) is 3.71. The van der Waals surface area contributed by atoms with Crippen LogP contribution >= 0.6 is 34.5 Å². The Bertz CT molecular complexity index is 825. The van der Waals surface area contributed by atoms with Crippen molar-refractivity contribution in [2.45, 2.75) is 30.7 Å². The Hall–Kier alpha value is -0.860. The summed E-state index contributed by atoms with van der Waals surface area (Å²) >= 11 is 13.6. The zero-order valence-corrected chi connectivity index (χ0v) is 16.1. The van der Waals surface area contributed by atoms with Crippen LogP contribution in [-0.4, -0.2) is 32.5 Å². The summed E-state index contributed by atoms with van der Waals surface area (Å²) in [5, 5.41) is 3.42. The summed E-state index contributed by atoms with van der Waals surface area (Å²) in [4.78, 5) is 6.53. The molecular weight excluding hydrogens is 389 g/mol. The van der Waals surface area contributed by atoms with Crippen molar-refractivity contribution in [3.63, 3.8) is 0 Å². The van der Waals surface area contributed by atoms with Gasteiger partial charge in [-0.15, -0.1) is 11.3 Å². The van der Waals surface area contributed by atoms with Crippen LogP contribution in [0.2, 0.25) is 10.0 Å². The number of rotatable bonds is 5. The van der Waals surface area contributed by atoms with Crippen LogP contribution in [0.3, 0.4) is 0 Å². The number of thiazole rings is 1. The van der Waals surface area contributed by atoms with E-state index in [1.165, 1.54) is 12.1 Å². The highest BCUT2D eigenvalue weighted by Crippen LogP contribution is 2.29. The van der Waals surface area contributed by atoms with Crippen molar-refractivity contribution in [1.82, 2.24) is 9.71 Å². The number of sulfonamides is 1. The number of hydrogen-bond acceptors (Lipinski definition) is 5. The minimum Gasteiger partial charge on any atom is -0.344 e. The molecule has 9 heteroatoms. The van der Waals surface area contributed by atoms with E-state index in [1.54, 1.807) is 24.5 Å². The van der Waals surface area contributed by atoms with E-state index in [9.17, 15) is 8.42 Å². The van der Waals surface area contributed by atoms with Crippen LogP contribution in [0, 0.1) is 6.92 Å². The number of nitrogens with one attached hydrogen (secondary N) is 1. The van der Waals surface area contributed by atoms with Gasteiger partial charge >= 0.3 is 0 Å². The lowest BCUT2D eigenvalue weighted by Crippen LogP contribution is -2.40. The van der Waals surface area contributed by atoms with Gasteiger partial charge in [-0.2, -0.15) is 0 Å². The van der Waals surface area contributed by atoms with Crippen LogP contribution in [0.15, 0.2) is 28.6 Å². The van der Waals surface area contributed by atoms with Gasteiger partial charge in [0.1, 0.15) is 4.90 Å². The molecule has 1 aromatic heterocycles. The zero-order valence-electron chi connectivity index (χ0n) is 13.0. The second-order valence-electron chi connectivity index (χ2n) is 5.69. The van der Waals surface area contributed by atoms with E-state index in [-0.39, 0.29) is 16.0 Å². The summed E-state index contributed by atoms with van der Waals surface area (Å²) in [5.74, 6) is 0. The number of aryl methyl sites for hydroxylation is 1. The molecule has 0 bridgehead atoms. The standard InChI is InChI=1S/C15H17Cl2N3O2S2/c1-10-7-14(13(17)8-12(10)16)24(21,22)19-9-11-3-2-5-20(11)15-18-4-6-23-15/h4,6-8,11,19H,2-3,5,9H2,1H3/t11-/m0/s1. The molecule has 0 aliphatic carbocycles. The van der Waals surface area contributed by atoms with Crippen LogP contribution in [-0.2, 0) is 10.0 Å². The van der Waals surface area contributed by atoms with Crippen molar-refractivity contribution in [3.8, 4) is 0 Å². The first kappa shape index (κ1) is 17.9. The van der Waals surface area contributed by atoms with Gasteiger partial charge in [-0.25, -0.2) is 18.1 Å². The normalized spacial score (nSPS) is 18.3. The topological polar surface area (TPSA) is 62.3 Å². The minimum absolute atomic E-state index is 0.0601. The lowest BCUT2D eigenvalue weighted by molar-refractivity contribution is 0.567. The summed E-state index contributed by atoms with van der Waals surface area (Å²) in [6.07, 6.45) is 3.71. The number of hydrogen-bond donors (Lipinski definition) is 1. The zero-order chi connectivity index (χ0) is 17.3. The quantitative estimate of drug-likeness (QED) is 0.823. The summed E-state index contributed by atoms with van der Waals surface area (Å²) in [5.41, 5.74) is 0.673. The Kier molecular flexibility index (Phi) is 5.36. The molecule has 1 N–H and O–H groups in total. The average Bonchev–Trinajstić information content (AvgIpc) is 3.19. The number of halogens is 2. The van der Waals surface area contributed by atoms with Crippen molar-refractivity contribution >= 4 is 49.7 Å². The highest BCUT2D eigenvalue weighted by molar-refractivity contribution is 7.89. The maximum atomic E-state index is 12.6. The van der Waals surface area contributed by atoms with Gasteiger partial charge in [0, 0.05) is 35.7 Å². The van der Waals surface area contributed by atoms with E-state index in [2.05, 4.69) is 14.6 Å². The molecule has 1 saturated heterocycles. The SMILES string of the molecule is Cc1cc(S(=O)(=O)NC[C@@H]2CCCN2c2nccs2)c(Cl)cc1Cl. The summed E-state index contributed by atoms with van der Waals surface area (Å²) in [7, 11) is -3.69. The van der Waals surface area contributed by atoms with Gasteiger partial charge < -0.3 is 4.90 Å². The fraction of sp³-hybridized carbons (Fsp3) is 0.400. The van der Waals surface area contributed by atoms with Crippen LogP contribution in [0.5, 0.6) is 0 Å². The Morgan fingerprint density at radius 1 is 1.38 bits per heavy atom. The van der Waals surface area contributed by atoms with Crippen molar-refractivity contribution in [2.24, 2.45) is 0 Å². The predicted molar refractivity (Wildman–Crippen MR) is 98.9 cm³/mol. The fourth-order valence-corrected chi connectivity index (χ4v) is 5.42. The van der Waals surface area contributed by atoms with Gasteiger partial charge in [-0.3, -0.25) is 0 Å². The maximum absolute atomic E-state index is 12.6. The number of benzene rings is 1. The van der Waals surface area contributed by atoms with Crippen LogP contribution in [0.25, 0.3) is 0 Å². The molecule has 0 saturated carbocycles. The molecule has 24 heavy (non-hydrogen) atoms. The average molecular weight is 406 g/mol. The van der Waals surface area contributed by atoms with Gasteiger partial charge in [0.2, 0.25) is 10.0 Å². The van der Waals surface area contributed by atoms with Gasteiger partial charge in [0.25, 0.3) is 0 Å². The monoisotopic (exact) mass is 405 g/mol. The second-order valence-corrected chi connectivity index (χ2v) is 9.11. The van der Waals surface area contributed by atoms with Crippen molar-refractivity contribution in [3.05, 3.63) is 39.3 Å². The van der Waals surface area contributed by atoms with Crippen molar-refractivity contribution in [1.29, 1.82) is 0 Å². The molecule has 1 fully saturated rings. The molecule has 0 unspecified atom stereocenters. The Morgan fingerprint density at radius 3 is 2.88 bits per heavy atom. The molecule has 0 amide bonds. The van der Waals surface area contributed by atoms with Crippen LogP contribution in [0.4, 0.5) is 5.13 Å². The Balaban J connectivity index is 1.75. The molecule has 5 nitrogen and oxygen atoms in total. The first-order valence-corrected chi connectivity index (χ1v) is 10.6. The highest BCUT2D eigenvalue weighted by atomic mass is 35.5. The molecule has 0 spiro atoms. The van der Waals surface area contributed by atoms with E-state index in [4.69, 9.17) is 23.2 Å². The molecule has 1 aliphatic heterocycles. The highest BCUT2D eigenvalue weighted by Gasteiger charge is 2.28. The summed E-state index contributed by atoms with van der Waals surface area (Å²) in [6.45, 7) is 2.96. The van der Waals surface area contributed by atoms with Gasteiger partial charge in [-0.05, 0) is 37.5 Å². The Labute approximate surface area is 155 Å². The molecule has 130 valence electrons. The smallest absolute Gasteiger partial charge is 0.242 e. The minimum atomic E-state index is -3.69. The first-order chi connectivity index (χ1) is 11.4. The van der Waals surface area contributed by atoms with Crippen LogP contribution < -0.4 is 9.62 Å². The van der Waals surface area contributed by atoms with Crippen LogP contribution in [0.1, 0.15) is 18.4 Å². The fourth-order valence-electron chi connectivity index (χ4n) is 2.78. The number of anilines is 1. The molecule has 2 heterocycles. The third-order valence-corrected chi connectivity index (χ3v) is 7.16. The van der Waals surface area contributed by atoms with E-state index < -0.39 is 10.0 Å². The number of aromatic nitrogens is 1. The second kappa shape index (κ2) is 7.17. The molecule has 2 aromatic rings. The lowest BCUT2D eigenvalue weighted by atomic mass is 10.2. The molecule has 3 rings (SSSR count). The third-order valence-electron chi connectivity index (χ3n) is 4.05. The molecule has 1 aliphatic rings. The van der Waals surface area contributed by atoms with E-state index in [1.807, 2.05) is 5.38 Å². The molecule has 0 radical (unpaired) electrons. The van der Waals surface area contributed by atoms with Crippen molar-refractivity contribution < 1.29 is 8.42 Å². The van der Waals surface area contributed by atoms with Gasteiger partial charge in [0.05, 0.1) is 5.02 Å². The number of nitrogens with zero attached hydrogens (tertiary/aromatic N) is 2. The maximum Gasteiger partial charge on any atom is 0.242 e. The third kappa shape index (κ3) is 3.70. The van der Waals surface area contributed by atoms with E-state index >= 15 is 0 Å². The largest absolute Gasteiger partial charge is 0.344 e. The molecule has 1 aromatic carbocycles. The first-order valence-electron chi connectivity index (χ1n) is 7.50. The Morgan fingerprint density at radius 2 is 2.17 bits per heavy atom. The van der Waals surface area contributed by atoms with E-state index in [0.29, 0.717) is 17.1 Å². The van der Waals surface area contributed by atoms with Gasteiger partial charge in [-0.1, -0.05) is 23.2 Å². The lowest BCUT2D eigenvalue weighted by Gasteiger charge is -2.24.